The van der Waals surface area contributed by atoms with Gasteiger partial charge >= 0.3 is 5.97 Å². The lowest BCUT2D eigenvalue weighted by Gasteiger charge is -2.29. The molecule has 4 nitrogen and oxygen atoms in total. The molecule has 1 unspecified atom stereocenters. The van der Waals surface area contributed by atoms with Gasteiger partial charge in [-0.1, -0.05) is 65.1 Å². The maximum Gasteiger partial charge on any atom is 0.326 e. The van der Waals surface area contributed by atoms with Gasteiger partial charge in [-0.25, -0.2) is 4.79 Å². The highest BCUT2D eigenvalue weighted by Crippen LogP contribution is 2.34. The number of carboxylic acids is 1. The molecule has 0 aliphatic carbocycles. The fourth-order valence-electron chi connectivity index (χ4n) is 3.54. The number of thiophene rings is 2. The van der Waals surface area contributed by atoms with Crippen molar-refractivity contribution in [1.82, 2.24) is 4.90 Å². The van der Waals surface area contributed by atoms with Gasteiger partial charge in [0, 0.05) is 26.8 Å². The number of rotatable bonds is 8. The van der Waals surface area contributed by atoms with Crippen molar-refractivity contribution in [2.24, 2.45) is 0 Å². The van der Waals surface area contributed by atoms with Crippen molar-refractivity contribution in [1.29, 1.82) is 0 Å². The number of amides is 1. The maximum atomic E-state index is 13.6. The number of aliphatic carboxylic acids is 1. The molecule has 0 aliphatic rings. The number of halogens is 3. The minimum Gasteiger partial charge on any atom is -0.480 e. The summed E-state index contributed by atoms with van der Waals surface area (Å²) in [7, 11) is 0. The standard InChI is InChI=1S/C25H18Cl3NO3S2/c26-17-6-7-19(20(27)12-17)24(30)29(21(25(31)32)10-15-4-2-1-3-5-15)13-18-11-16(14-33-18)22-8-9-23(28)34-22/h1-9,11-12,14,21H,10,13H2,(H,31,32). The monoisotopic (exact) mass is 549 g/mol. The third-order valence-electron chi connectivity index (χ3n) is 5.19. The molecule has 0 saturated heterocycles. The predicted molar refractivity (Wildman–Crippen MR) is 141 cm³/mol. The van der Waals surface area contributed by atoms with Crippen LogP contribution in [0.4, 0.5) is 0 Å². The summed E-state index contributed by atoms with van der Waals surface area (Å²) in [6.45, 7) is 0.116. The first-order valence-corrected chi connectivity index (χ1v) is 13.0. The van der Waals surface area contributed by atoms with Gasteiger partial charge < -0.3 is 10.0 Å². The highest BCUT2D eigenvalue weighted by atomic mass is 35.5. The molecule has 1 amide bonds. The van der Waals surface area contributed by atoms with Gasteiger partial charge in [-0.3, -0.25) is 4.79 Å². The van der Waals surface area contributed by atoms with E-state index in [0.29, 0.717) is 9.36 Å². The van der Waals surface area contributed by atoms with E-state index < -0.39 is 17.9 Å². The van der Waals surface area contributed by atoms with Crippen molar-refractivity contribution in [2.75, 3.05) is 0 Å². The van der Waals surface area contributed by atoms with E-state index in [1.165, 1.54) is 39.7 Å². The Morgan fingerprint density at radius 3 is 2.38 bits per heavy atom. The van der Waals surface area contributed by atoms with Crippen LogP contribution in [0.5, 0.6) is 0 Å². The van der Waals surface area contributed by atoms with Crippen LogP contribution in [-0.4, -0.2) is 27.9 Å². The Labute approximate surface area is 219 Å². The predicted octanol–water partition coefficient (Wildman–Crippen LogP) is 7.78. The number of carbonyl (C=O) groups is 2. The molecule has 1 atom stereocenters. The van der Waals surface area contributed by atoms with Crippen molar-refractivity contribution in [3.63, 3.8) is 0 Å². The number of carboxylic acid groups (broad SMARTS) is 1. The van der Waals surface area contributed by atoms with Gasteiger partial charge in [0.05, 0.1) is 21.5 Å². The van der Waals surface area contributed by atoms with Crippen LogP contribution in [0.1, 0.15) is 20.8 Å². The van der Waals surface area contributed by atoms with Crippen LogP contribution in [0.15, 0.2) is 72.1 Å². The van der Waals surface area contributed by atoms with E-state index in [1.807, 2.05) is 53.9 Å². The van der Waals surface area contributed by atoms with E-state index in [1.54, 1.807) is 6.07 Å². The van der Waals surface area contributed by atoms with Gasteiger partial charge in [-0.2, -0.15) is 0 Å². The molecule has 4 aromatic rings. The minimum absolute atomic E-state index is 0.116. The summed E-state index contributed by atoms with van der Waals surface area (Å²) >= 11 is 21.3. The number of carbonyl (C=O) groups excluding carboxylic acids is 1. The normalized spacial score (nSPS) is 11.9. The van der Waals surface area contributed by atoms with Crippen LogP contribution in [0.2, 0.25) is 14.4 Å². The quantitative estimate of drug-likeness (QED) is 0.244. The smallest absolute Gasteiger partial charge is 0.326 e. The van der Waals surface area contributed by atoms with E-state index in [9.17, 15) is 14.7 Å². The topological polar surface area (TPSA) is 57.6 Å². The molecule has 2 heterocycles. The van der Waals surface area contributed by atoms with Crippen LogP contribution in [-0.2, 0) is 17.8 Å². The molecular formula is C25H18Cl3NO3S2. The first-order valence-electron chi connectivity index (χ1n) is 10.2. The lowest BCUT2D eigenvalue weighted by atomic mass is 10.0. The highest BCUT2D eigenvalue weighted by Gasteiger charge is 2.32. The second-order valence-electron chi connectivity index (χ2n) is 7.51. The maximum absolute atomic E-state index is 13.6. The molecular weight excluding hydrogens is 533 g/mol. The molecule has 0 aliphatic heterocycles. The molecule has 34 heavy (non-hydrogen) atoms. The number of hydrogen-bond donors (Lipinski definition) is 1. The van der Waals surface area contributed by atoms with Crippen LogP contribution >= 0.6 is 57.5 Å². The third-order valence-corrected chi connectivity index (χ3v) is 7.94. The second kappa shape index (κ2) is 10.9. The molecule has 0 radical (unpaired) electrons. The number of nitrogens with zero attached hydrogens (tertiary/aromatic N) is 1. The van der Waals surface area contributed by atoms with Gasteiger partial charge in [-0.05, 0) is 47.3 Å². The van der Waals surface area contributed by atoms with E-state index in [2.05, 4.69) is 0 Å². The second-order valence-corrected chi connectivity index (χ2v) is 11.1. The van der Waals surface area contributed by atoms with Gasteiger partial charge in [-0.15, -0.1) is 22.7 Å². The van der Waals surface area contributed by atoms with Gasteiger partial charge in [0.1, 0.15) is 6.04 Å². The summed E-state index contributed by atoms with van der Waals surface area (Å²) in [4.78, 5) is 29.2. The molecule has 174 valence electrons. The molecule has 0 fully saturated rings. The summed E-state index contributed by atoms with van der Waals surface area (Å²) in [5, 5.41) is 12.7. The van der Waals surface area contributed by atoms with Crippen molar-refractivity contribution in [2.45, 2.75) is 19.0 Å². The zero-order valence-corrected chi connectivity index (χ0v) is 21.5. The summed E-state index contributed by atoms with van der Waals surface area (Å²) in [6, 6.07) is 18.4. The molecule has 0 saturated carbocycles. The average Bonchev–Trinajstić information content (AvgIpc) is 3.45. The molecule has 1 N–H and O–H groups in total. The Morgan fingerprint density at radius 1 is 0.971 bits per heavy atom. The Bertz CT molecular complexity index is 1320. The fraction of sp³-hybridized carbons (Fsp3) is 0.120. The summed E-state index contributed by atoms with van der Waals surface area (Å²) < 4.78 is 0.686. The van der Waals surface area contributed by atoms with Crippen LogP contribution in [0.3, 0.4) is 0 Å². The molecule has 2 aromatic carbocycles. The van der Waals surface area contributed by atoms with Crippen LogP contribution in [0.25, 0.3) is 10.4 Å². The van der Waals surface area contributed by atoms with Crippen molar-refractivity contribution in [3.8, 4) is 10.4 Å². The SMILES string of the molecule is O=C(O)C(Cc1ccccc1)N(Cc1cc(-c2ccc(Cl)s2)cs1)C(=O)c1ccc(Cl)cc1Cl. The molecule has 0 spiro atoms. The van der Waals surface area contributed by atoms with Crippen molar-refractivity contribution < 1.29 is 14.7 Å². The van der Waals surface area contributed by atoms with E-state index in [0.717, 1.165) is 20.9 Å². The van der Waals surface area contributed by atoms with E-state index >= 15 is 0 Å². The van der Waals surface area contributed by atoms with Gasteiger partial charge in [0.15, 0.2) is 0 Å². The van der Waals surface area contributed by atoms with E-state index in [4.69, 9.17) is 34.8 Å². The Hall–Kier alpha value is -2.35. The zero-order chi connectivity index (χ0) is 24.2. The lowest BCUT2D eigenvalue weighted by Crippen LogP contribution is -2.46. The fourth-order valence-corrected chi connectivity index (χ4v) is 6.02. The highest BCUT2D eigenvalue weighted by molar-refractivity contribution is 7.19. The Kier molecular flexibility index (Phi) is 7.96. The zero-order valence-electron chi connectivity index (χ0n) is 17.6. The summed E-state index contributed by atoms with van der Waals surface area (Å²) in [5.41, 5.74) is 1.99. The van der Waals surface area contributed by atoms with Crippen molar-refractivity contribution in [3.05, 3.63) is 102 Å². The summed E-state index contributed by atoms with van der Waals surface area (Å²) in [5.74, 6) is -1.57. The first kappa shape index (κ1) is 24.8. The third kappa shape index (κ3) is 5.82. The number of benzene rings is 2. The van der Waals surface area contributed by atoms with Crippen LogP contribution in [0, 0.1) is 0 Å². The Balaban J connectivity index is 1.70. The summed E-state index contributed by atoms with van der Waals surface area (Å²) in [6.07, 6.45) is 0.159. The lowest BCUT2D eigenvalue weighted by molar-refractivity contribution is -0.142. The van der Waals surface area contributed by atoms with Crippen LogP contribution < -0.4 is 0 Å². The average molecular weight is 551 g/mol. The molecule has 2 aromatic heterocycles. The van der Waals surface area contributed by atoms with Crippen molar-refractivity contribution >= 4 is 69.4 Å². The molecule has 4 rings (SSSR count). The minimum atomic E-state index is -1.09. The largest absolute Gasteiger partial charge is 0.480 e. The number of hydrogen-bond acceptors (Lipinski definition) is 4. The Morgan fingerprint density at radius 2 is 1.74 bits per heavy atom. The van der Waals surface area contributed by atoms with Gasteiger partial charge in [0.2, 0.25) is 0 Å². The first-order chi connectivity index (χ1) is 16.3. The van der Waals surface area contributed by atoms with Gasteiger partial charge in [0.25, 0.3) is 5.91 Å². The molecule has 0 bridgehead atoms. The van der Waals surface area contributed by atoms with E-state index in [-0.39, 0.29) is 23.6 Å². The molecule has 9 heteroatoms.